The second-order valence-corrected chi connectivity index (χ2v) is 9.57. The first kappa shape index (κ1) is 23.3. The van der Waals surface area contributed by atoms with Crippen LogP contribution in [0.5, 0.6) is 0 Å². The Bertz CT molecular complexity index is 1340. The van der Waals surface area contributed by atoms with Gasteiger partial charge in [-0.05, 0) is 50.5 Å². The van der Waals surface area contributed by atoms with Gasteiger partial charge in [-0.25, -0.2) is 19.7 Å². The molecule has 0 spiro atoms. The van der Waals surface area contributed by atoms with E-state index >= 15 is 0 Å². The first-order valence-electron chi connectivity index (χ1n) is 11.7. The Morgan fingerprint density at radius 2 is 1.94 bits per heavy atom. The van der Waals surface area contributed by atoms with E-state index in [2.05, 4.69) is 31.2 Å². The zero-order valence-corrected chi connectivity index (χ0v) is 20.4. The van der Waals surface area contributed by atoms with Crippen molar-refractivity contribution in [2.75, 3.05) is 36.4 Å². The molecule has 0 radical (unpaired) electrons. The second kappa shape index (κ2) is 9.29. The molecule has 5 rings (SSSR count). The van der Waals surface area contributed by atoms with Crippen molar-refractivity contribution in [3.8, 4) is 6.07 Å². The molecule has 9 nitrogen and oxygen atoms in total. The van der Waals surface area contributed by atoms with Gasteiger partial charge in [-0.1, -0.05) is 17.7 Å². The number of carboxylic acid groups (broad SMARTS) is 1. The summed E-state index contributed by atoms with van der Waals surface area (Å²) in [5.41, 5.74) is 3.70. The average molecular weight is 492 g/mol. The minimum Gasteiger partial charge on any atom is -0.476 e. The molecule has 1 aromatic carbocycles. The number of rotatable bonds is 6. The summed E-state index contributed by atoms with van der Waals surface area (Å²) < 4.78 is 0. The van der Waals surface area contributed by atoms with Crippen LogP contribution >= 0.6 is 11.6 Å². The Morgan fingerprint density at radius 1 is 1.20 bits per heavy atom. The van der Waals surface area contributed by atoms with Gasteiger partial charge in [0, 0.05) is 37.8 Å². The lowest BCUT2D eigenvalue weighted by atomic mass is 10.0. The van der Waals surface area contributed by atoms with Crippen LogP contribution in [0.4, 0.5) is 11.5 Å². The molecule has 2 N–H and O–H groups in total. The van der Waals surface area contributed by atoms with Crippen LogP contribution in [0.2, 0.25) is 5.15 Å². The number of halogens is 1. The highest BCUT2D eigenvalue weighted by molar-refractivity contribution is 6.29. The van der Waals surface area contributed by atoms with Gasteiger partial charge in [0.2, 0.25) is 0 Å². The third-order valence-corrected chi connectivity index (χ3v) is 6.82. The maximum Gasteiger partial charge on any atom is 0.356 e. The summed E-state index contributed by atoms with van der Waals surface area (Å²) >= 11 is 5.91. The highest BCUT2D eigenvalue weighted by atomic mass is 35.5. The predicted molar refractivity (Wildman–Crippen MR) is 134 cm³/mol. The van der Waals surface area contributed by atoms with Crippen LogP contribution < -0.4 is 10.2 Å². The normalized spacial score (nSPS) is 17.3. The van der Waals surface area contributed by atoms with E-state index < -0.39 is 5.97 Å². The van der Waals surface area contributed by atoms with E-state index in [1.165, 1.54) is 12.8 Å². The Morgan fingerprint density at radius 3 is 2.60 bits per heavy atom. The van der Waals surface area contributed by atoms with E-state index in [-0.39, 0.29) is 16.9 Å². The first-order chi connectivity index (χ1) is 16.8. The van der Waals surface area contributed by atoms with Gasteiger partial charge in [0.15, 0.2) is 17.2 Å². The summed E-state index contributed by atoms with van der Waals surface area (Å²) in [5.74, 6) is -0.561. The maximum atomic E-state index is 11.7. The third kappa shape index (κ3) is 4.72. The fraction of sp³-hybridized carbons (Fsp3) is 0.400. The Balaban J connectivity index is 1.51. The van der Waals surface area contributed by atoms with Crippen molar-refractivity contribution in [2.45, 2.75) is 38.8 Å². The van der Waals surface area contributed by atoms with Crippen LogP contribution in [0.25, 0.3) is 11.0 Å². The number of carboxylic acids is 1. The van der Waals surface area contributed by atoms with Gasteiger partial charge in [-0.15, -0.1) is 0 Å². The molecule has 0 bridgehead atoms. The van der Waals surface area contributed by atoms with Crippen molar-refractivity contribution in [3.05, 3.63) is 51.9 Å². The topological polar surface area (TPSA) is 118 Å². The molecule has 1 atom stereocenters. The van der Waals surface area contributed by atoms with Crippen LogP contribution in [0.3, 0.4) is 0 Å². The monoisotopic (exact) mass is 491 g/mol. The Labute approximate surface area is 208 Å². The van der Waals surface area contributed by atoms with Gasteiger partial charge in [0.25, 0.3) is 0 Å². The van der Waals surface area contributed by atoms with Gasteiger partial charge < -0.3 is 15.3 Å². The number of pyridine rings is 1. The fourth-order valence-electron chi connectivity index (χ4n) is 4.71. The minimum atomic E-state index is -1.16. The van der Waals surface area contributed by atoms with E-state index in [1.54, 1.807) is 12.1 Å². The molecule has 2 aromatic heterocycles. The molecular formula is C25H26ClN7O2. The van der Waals surface area contributed by atoms with Crippen LogP contribution in [0, 0.1) is 18.3 Å². The highest BCUT2D eigenvalue weighted by Gasteiger charge is 2.32. The molecule has 1 saturated heterocycles. The molecule has 1 aliphatic heterocycles. The molecule has 2 aliphatic rings. The molecule has 2 fully saturated rings. The number of anilines is 2. The SMILES string of the molecule is Cc1cc([C@@H](C)Nc2ccc(Cl)nc2C(=O)O)c2nc(N3CCN(C4CC4)CC3)c(C#N)nc2c1. The zero-order valence-electron chi connectivity index (χ0n) is 19.6. The number of benzene rings is 1. The van der Waals surface area contributed by atoms with Crippen molar-refractivity contribution in [2.24, 2.45) is 0 Å². The standard InChI is InChI=1S/C25H26ClN7O2/c1-14-11-17(15(2)28-18-5-6-21(26)30-23(18)25(34)35)22-19(12-14)29-20(13-27)24(31-22)33-9-7-32(8-10-33)16-3-4-16/h5-6,11-12,15-16,28H,3-4,7-10H2,1-2H3,(H,34,35)/t15-/m1/s1. The summed E-state index contributed by atoms with van der Waals surface area (Å²) in [4.78, 5) is 29.9. The molecule has 180 valence electrons. The molecule has 1 saturated carbocycles. The Kier molecular flexibility index (Phi) is 6.17. The Hall–Kier alpha value is -3.48. The molecular weight excluding hydrogens is 466 g/mol. The number of nitrogens with one attached hydrogen (secondary N) is 1. The van der Waals surface area contributed by atoms with Crippen LogP contribution in [0.15, 0.2) is 24.3 Å². The van der Waals surface area contributed by atoms with E-state index in [1.807, 2.05) is 26.0 Å². The lowest BCUT2D eigenvalue weighted by Gasteiger charge is -2.35. The molecule has 0 amide bonds. The van der Waals surface area contributed by atoms with E-state index in [0.717, 1.165) is 43.3 Å². The second-order valence-electron chi connectivity index (χ2n) is 9.19. The molecule has 0 unspecified atom stereocenters. The van der Waals surface area contributed by atoms with Crippen LogP contribution in [-0.4, -0.2) is 63.1 Å². The number of aromatic nitrogens is 3. The number of carbonyl (C=O) groups is 1. The predicted octanol–water partition coefficient (Wildman–Crippen LogP) is 4.01. The van der Waals surface area contributed by atoms with Crippen molar-refractivity contribution in [1.29, 1.82) is 5.26 Å². The van der Waals surface area contributed by atoms with Gasteiger partial charge in [-0.3, -0.25) is 4.90 Å². The number of aromatic carboxylic acids is 1. The number of hydrogen-bond donors (Lipinski definition) is 2. The maximum absolute atomic E-state index is 11.7. The van der Waals surface area contributed by atoms with E-state index in [0.29, 0.717) is 28.2 Å². The minimum absolute atomic E-state index is 0.114. The molecule has 3 heterocycles. The van der Waals surface area contributed by atoms with Crippen molar-refractivity contribution >= 4 is 40.1 Å². The van der Waals surface area contributed by atoms with Gasteiger partial charge in [0.05, 0.1) is 22.8 Å². The van der Waals surface area contributed by atoms with Crippen LogP contribution in [0.1, 0.15) is 53.1 Å². The summed E-state index contributed by atoms with van der Waals surface area (Å²) in [6, 6.07) is 9.74. The van der Waals surface area contributed by atoms with Gasteiger partial charge in [-0.2, -0.15) is 5.26 Å². The van der Waals surface area contributed by atoms with Crippen molar-refractivity contribution in [1.82, 2.24) is 19.9 Å². The summed E-state index contributed by atoms with van der Waals surface area (Å²) in [6.45, 7) is 7.41. The van der Waals surface area contributed by atoms with Gasteiger partial charge >= 0.3 is 5.97 Å². The number of fused-ring (bicyclic) bond motifs is 1. The number of piperazine rings is 1. The number of nitrogens with zero attached hydrogens (tertiary/aromatic N) is 6. The quantitative estimate of drug-likeness (QED) is 0.493. The van der Waals surface area contributed by atoms with Crippen LogP contribution in [-0.2, 0) is 0 Å². The molecule has 3 aromatic rings. The smallest absolute Gasteiger partial charge is 0.356 e. The third-order valence-electron chi connectivity index (χ3n) is 6.61. The number of hydrogen-bond acceptors (Lipinski definition) is 8. The lowest BCUT2D eigenvalue weighted by molar-refractivity contribution is 0.0691. The highest BCUT2D eigenvalue weighted by Crippen LogP contribution is 2.32. The first-order valence-corrected chi connectivity index (χ1v) is 12.1. The average Bonchev–Trinajstić information content (AvgIpc) is 3.69. The van der Waals surface area contributed by atoms with E-state index in [4.69, 9.17) is 16.6 Å². The van der Waals surface area contributed by atoms with E-state index in [9.17, 15) is 15.2 Å². The van der Waals surface area contributed by atoms with Crippen molar-refractivity contribution < 1.29 is 9.90 Å². The summed E-state index contributed by atoms with van der Waals surface area (Å²) in [6.07, 6.45) is 2.55. The molecule has 1 aliphatic carbocycles. The molecule has 10 heteroatoms. The fourth-order valence-corrected chi connectivity index (χ4v) is 4.86. The largest absolute Gasteiger partial charge is 0.476 e. The van der Waals surface area contributed by atoms with Gasteiger partial charge in [0.1, 0.15) is 11.2 Å². The summed E-state index contributed by atoms with van der Waals surface area (Å²) in [7, 11) is 0. The lowest BCUT2D eigenvalue weighted by Crippen LogP contribution is -2.47. The van der Waals surface area contributed by atoms with Crippen molar-refractivity contribution in [3.63, 3.8) is 0 Å². The zero-order chi connectivity index (χ0) is 24.7. The number of nitriles is 1. The summed E-state index contributed by atoms with van der Waals surface area (Å²) in [5, 5.41) is 22.8. The molecule has 35 heavy (non-hydrogen) atoms. The number of aryl methyl sites for hydroxylation is 1.